The third kappa shape index (κ3) is 10.4. The summed E-state index contributed by atoms with van der Waals surface area (Å²) in [5.41, 5.74) is 0. The van der Waals surface area contributed by atoms with Crippen LogP contribution in [0.4, 0.5) is 0 Å². The molecule has 0 aromatic heterocycles. The molecule has 98 valence electrons. The first kappa shape index (κ1) is 15.9. The van der Waals surface area contributed by atoms with Gasteiger partial charge in [0.2, 0.25) is 0 Å². The number of nitrogens with one attached hydrogen (secondary N) is 1. The molecule has 0 amide bonds. The average Bonchev–Trinajstić information content (AvgIpc) is 2.23. The Morgan fingerprint density at radius 2 is 1.75 bits per heavy atom. The standard InChI is InChI=1S/C13H31N3/c1-6-9-14-13(2)8-12-16(5)11-7-10-15(3)4/h13-14H,6-12H2,1-5H3. The number of hydrogen-bond acceptors (Lipinski definition) is 3. The second-order valence-corrected chi connectivity index (χ2v) is 5.10. The van der Waals surface area contributed by atoms with Crippen LogP contribution in [0.15, 0.2) is 0 Å². The van der Waals surface area contributed by atoms with E-state index >= 15 is 0 Å². The van der Waals surface area contributed by atoms with Crippen molar-refractivity contribution in [2.75, 3.05) is 47.3 Å². The Morgan fingerprint density at radius 1 is 1.06 bits per heavy atom. The molecule has 0 saturated heterocycles. The van der Waals surface area contributed by atoms with E-state index in [9.17, 15) is 0 Å². The van der Waals surface area contributed by atoms with Crippen molar-refractivity contribution in [2.24, 2.45) is 0 Å². The molecule has 0 radical (unpaired) electrons. The smallest absolute Gasteiger partial charge is 0.00508 e. The summed E-state index contributed by atoms with van der Waals surface area (Å²) in [6, 6.07) is 0.649. The molecule has 0 rings (SSSR count). The highest BCUT2D eigenvalue weighted by Gasteiger charge is 2.03. The largest absolute Gasteiger partial charge is 0.314 e. The van der Waals surface area contributed by atoms with Gasteiger partial charge in [-0.25, -0.2) is 0 Å². The molecule has 1 atom stereocenters. The molecule has 0 aliphatic carbocycles. The molecule has 0 fully saturated rings. The predicted molar refractivity (Wildman–Crippen MR) is 73.0 cm³/mol. The van der Waals surface area contributed by atoms with Gasteiger partial charge in [0.1, 0.15) is 0 Å². The van der Waals surface area contributed by atoms with Crippen molar-refractivity contribution in [1.29, 1.82) is 0 Å². The lowest BCUT2D eigenvalue weighted by Crippen LogP contribution is -2.32. The maximum absolute atomic E-state index is 3.53. The van der Waals surface area contributed by atoms with Crippen LogP contribution >= 0.6 is 0 Å². The van der Waals surface area contributed by atoms with Gasteiger partial charge in [-0.05, 0) is 73.5 Å². The fourth-order valence-electron chi connectivity index (χ4n) is 1.68. The molecule has 1 unspecified atom stereocenters. The van der Waals surface area contributed by atoms with E-state index in [2.05, 4.69) is 50.1 Å². The molecule has 0 heterocycles. The first-order valence-electron chi connectivity index (χ1n) is 6.63. The summed E-state index contributed by atoms with van der Waals surface area (Å²) in [5, 5.41) is 3.53. The van der Waals surface area contributed by atoms with Crippen LogP contribution < -0.4 is 5.32 Å². The van der Waals surface area contributed by atoms with Crippen molar-refractivity contribution in [3.8, 4) is 0 Å². The first-order valence-corrected chi connectivity index (χ1v) is 6.63. The molecule has 1 N–H and O–H groups in total. The minimum atomic E-state index is 0.649. The highest BCUT2D eigenvalue weighted by atomic mass is 15.1. The Balaban J connectivity index is 3.38. The molecule has 0 spiro atoms. The monoisotopic (exact) mass is 229 g/mol. The quantitative estimate of drug-likeness (QED) is 0.614. The highest BCUT2D eigenvalue weighted by molar-refractivity contribution is 4.63. The normalized spacial score (nSPS) is 13.7. The van der Waals surface area contributed by atoms with Crippen molar-refractivity contribution < 1.29 is 0 Å². The van der Waals surface area contributed by atoms with Crippen molar-refractivity contribution in [3.05, 3.63) is 0 Å². The number of hydrogen-bond donors (Lipinski definition) is 1. The van der Waals surface area contributed by atoms with Crippen LogP contribution in [0, 0.1) is 0 Å². The van der Waals surface area contributed by atoms with Crippen molar-refractivity contribution in [1.82, 2.24) is 15.1 Å². The summed E-state index contributed by atoms with van der Waals surface area (Å²) >= 11 is 0. The van der Waals surface area contributed by atoms with E-state index in [1.165, 1.54) is 38.9 Å². The Kier molecular flexibility index (Phi) is 9.99. The zero-order valence-electron chi connectivity index (χ0n) is 11.9. The fourth-order valence-corrected chi connectivity index (χ4v) is 1.68. The van der Waals surface area contributed by atoms with Crippen LogP contribution in [-0.2, 0) is 0 Å². The number of nitrogens with zero attached hydrogens (tertiary/aromatic N) is 2. The van der Waals surface area contributed by atoms with Gasteiger partial charge in [0.25, 0.3) is 0 Å². The van der Waals surface area contributed by atoms with E-state index in [-0.39, 0.29) is 0 Å². The second-order valence-electron chi connectivity index (χ2n) is 5.10. The van der Waals surface area contributed by atoms with E-state index < -0.39 is 0 Å². The Labute approximate surface area is 102 Å². The van der Waals surface area contributed by atoms with E-state index in [1.807, 2.05) is 0 Å². The molecule has 3 heteroatoms. The molecular weight excluding hydrogens is 198 g/mol. The molecule has 16 heavy (non-hydrogen) atoms. The van der Waals surface area contributed by atoms with Gasteiger partial charge >= 0.3 is 0 Å². The molecular formula is C13H31N3. The van der Waals surface area contributed by atoms with Gasteiger partial charge in [-0.1, -0.05) is 6.92 Å². The van der Waals surface area contributed by atoms with Crippen molar-refractivity contribution in [2.45, 2.75) is 39.2 Å². The van der Waals surface area contributed by atoms with Gasteiger partial charge in [-0.2, -0.15) is 0 Å². The van der Waals surface area contributed by atoms with E-state index in [0.717, 1.165) is 6.54 Å². The van der Waals surface area contributed by atoms with Crippen molar-refractivity contribution >= 4 is 0 Å². The lowest BCUT2D eigenvalue weighted by molar-refractivity contribution is 0.286. The second kappa shape index (κ2) is 10.1. The summed E-state index contributed by atoms with van der Waals surface area (Å²) in [4.78, 5) is 4.69. The van der Waals surface area contributed by atoms with Gasteiger partial charge < -0.3 is 15.1 Å². The Morgan fingerprint density at radius 3 is 2.31 bits per heavy atom. The van der Waals surface area contributed by atoms with Gasteiger partial charge in [-0.15, -0.1) is 0 Å². The lowest BCUT2D eigenvalue weighted by atomic mass is 10.2. The molecule has 0 aliphatic heterocycles. The highest BCUT2D eigenvalue weighted by Crippen LogP contribution is 1.96. The predicted octanol–water partition coefficient (Wildman–Crippen LogP) is 1.65. The van der Waals surface area contributed by atoms with Crippen LogP contribution in [0.1, 0.15) is 33.1 Å². The summed E-state index contributed by atoms with van der Waals surface area (Å²) in [6.07, 6.45) is 3.74. The average molecular weight is 229 g/mol. The van der Waals surface area contributed by atoms with Crippen LogP contribution in [0.3, 0.4) is 0 Å². The maximum Gasteiger partial charge on any atom is 0.00508 e. The maximum atomic E-state index is 3.53. The summed E-state index contributed by atoms with van der Waals surface area (Å²) in [5.74, 6) is 0. The van der Waals surface area contributed by atoms with Gasteiger partial charge in [0.15, 0.2) is 0 Å². The molecule has 0 aromatic carbocycles. The van der Waals surface area contributed by atoms with Gasteiger partial charge in [-0.3, -0.25) is 0 Å². The molecule has 3 nitrogen and oxygen atoms in total. The molecule has 0 saturated carbocycles. The molecule has 0 aromatic rings. The van der Waals surface area contributed by atoms with Crippen molar-refractivity contribution in [3.63, 3.8) is 0 Å². The minimum absolute atomic E-state index is 0.649. The number of rotatable bonds is 10. The van der Waals surface area contributed by atoms with Gasteiger partial charge in [0.05, 0.1) is 0 Å². The van der Waals surface area contributed by atoms with E-state index in [0.29, 0.717) is 6.04 Å². The summed E-state index contributed by atoms with van der Waals surface area (Å²) in [7, 11) is 6.50. The van der Waals surface area contributed by atoms with Crippen LogP contribution in [0.5, 0.6) is 0 Å². The SMILES string of the molecule is CCCNC(C)CCN(C)CCCN(C)C. The van der Waals surface area contributed by atoms with Crippen LogP contribution in [0.25, 0.3) is 0 Å². The van der Waals surface area contributed by atoms with Crippen LogP contribution in [0.2, 0.25) is 0 Å². The zero-order valence-corrected chi connectivity index (χ0v) is 11.9. The Hall–Kier alpha value is -0.120. The van der Waals surface area contributed by atoms with E-state index in [1.54, 1.807) is 0 Å². The Bertz CT molecular complexity index is 148. The zero-order chi connectivity index (χ0) is 12.4. The lowest BCUT2D eigenvalue weighted by Gasteiger charge is -2.20. The van der Waals surface area contributed by atoms with Gasteiger partial charge in [0, 0.05) is 6.04 Å². The van der Waals surface area contributed by atoms with E-state index in [4.69, 9.17) is 0 Å². The minimum Gasteiger partial charge on any atom is -0.314 e. The first-order chi connectivity index (χ1) is 7.56. The third-order valence-corrected chi connectivity index (χ3v) is 2.83. The molecule has 0 bridgehead atoms. The fraction of sp³-hybridized carbons (Fsp3) is 1.00. The van der Waals surface area contributed by atoms with Crippen LogP contribution in [-0.4, -0.2) is 63.2 Å². The third-order valence-electron chi connectivity index (χ3n) is 2.83. The summed E-state index contributed by atoms with van der Waals surface area (Å²) < 4.78 is 0. The molecule has 0 aliphatic rings. The summed E-state index contributed by atoms with van der Waals surface area (Å²) in [6.45, 7) is 9.24. The topological polar surface area (TPSA) is 18.5 Å².